The largest absolute Gasteiger partial charge is 0.339 e. The fourth-order valence-electron chi connectivity index (χ4n) is 3.55. The van der Waals surface area contributed by atoms with Crippen LogP contribution in [0.15, 0.2) is 35.5 Å². The standard InChI is InChI=1S/C20H27ClN4O3S/c1-20(2,3)23-29(27,28)18-11-15(5-6-17(18)21)19(26)25-9-7-14(8-10-25)16-12-22-24(4)13-16/h5-6,11-14,23H,7-10H2,1-4H3. The third-order valence-corrected chi connectivity index (χ3v) is 7.13. The van der Waals surface area contributed by atoms with Crippen LogP contribution >= 0.6 is 11.6 Å². The number of likely N-dealkylation sites (tertiary alicyclic amines) is 1. The number of amides is 1. The van der Waals surface area contributed by atoms with Gasteiger partial charge in [-0.25, -0.2) is 13.1 Å². The third-order valence-electron chi connectivity index (χ3n) is 4.89. The number of nitrogens with one attached hydrogen (secondary N) is 1. The molecule has 0 bridgehead atoms. The molecule has 1 amide bonds. The van der Waals surface area contributed by atoms with Gasteiger partial charge in [-0.2, -0.15) is 5.10 Å². The first-order valence-corrected chi connectivity index (χ1v) is 11.4. The lowest BCUT2D eigenvalue weighted by Gasteiger charge is -2.31. The lowest BCUT2D eigenvalue weighted by molar-refractivity contribution is 0.0712. The van der Waals surface area contributed by atoms with Gasteiger partial charge in [-0.05, 0) is 63.3 Å². The topological polar surface area (TPSA) is 84.3 Å². The number of sulfonamides is 1. The van der Waals surface area contributed by atoms with Crippen molar-refractivity contribution >= 4 is 27.5 Å². The van der Waals surface area contributed by atoms with Gasteiger partial charge in [-0.15, -0.1) is 0 Å². The predicted molar refractivity (Wildman–Crippen MR) is 113 cm³/mol. The van der Waals surface area contributed by atoms with E-state index in [9.17, 15) is 13.2 Å². The van der Waals surface area contributed by atoms with Gasteiger partial charge >= 0.3 is 0 Å². The Balaban J connectivity index is 1.75. The summed E-state index contributed by atoms with van der Waals surface area (Å²) < 4.78 is 29.8. The normalized spacial score (nSPS) is 16.2. The molecule has 0 radical (unpaired) electrons. The average Bonchev–Trinajstić information content (AvgIpc) is 3.06. The molecule has 158 valence electrons. The molecule has 0 saturated carbocycles. The van der Waals surface area contributed by atoms with Crippen LogP contribution in [-0.2, 0) is 17.1 Å². The van der Waals surface area contributed by atoms with E-state index in [4.69, 9.17) is 11.6 Å². The van der Waals surface area contributed by atoms with Crippen molar-refractivity contribution in [3.8, 4) is 0 Å². The molecule has 2 aromatic rings. The van der Waals surface area contributed by atoms with E-state index in [1.807, 2.05) is 19.4 Å². The van der Waals surface area contributed by atoms with Crippen LogP contribution in [-0.4, -0.2) is 47.6 Å². The van der Waals surface area contributed by atoms with Crippen LogP contribution in [0.5, 0.6) is 0 Å². The van der Waals surface area contributed by atoms with Gasteiger partial charge in [0.1, 0.15) is 4.90 Å². The Bertz CT molecular complexity index is 1000. The summed E-state index contributed by atoms with van der Waals surface area (Å²) >= 11 is 6.14. The van der Waals surface area contributed by atoms with Crippen LogP contribution in [0.4, 0.5) is 0 Å². The average molecular weight is 439 g/mol. The van der Waals surface area contributed by atoms with Crippen molar-refractivity contribution in [1.82, 2.24) is 19.4 Å². The molecule has 0 aliphatic carbocycles. The summed E-state index contributed by atoms with van der Waals surface area (Å²) in [4.78, 5) is 14.7. The number of aromatic nitrogens is 2. The first kappa shape index (κ1) is 21.8. The number of benzene rings is 1. The van der Waals surface area contributed by atoms with E-state index >= 15 is 0 Å². The number of piperidine rings is 1. The first-order valence-electron chi connectivity index (χ1n) is 9.57. The molecule has 9 heteroatoms. The summed E-state index contributed by atoms with van der Waals surface area (Å²) in [6, 6.07) is 4.41. The smallest absolute Gasteiger partial charge is 0.253 e. The highest BCUT2D eigenvalue weighted by Crippen LogP contribution is 2.29. The molecule has 1 aromatic carbocycles. The van der Waals surface area contributed by atoms with E-state index in [0.29, 0.717) is 24.6 Å². The van der Waals surface area contributed by atoms with Crippen molar-refractivity contribution in [3.63, 3.8) is 0 Å². The molecular formula is C20H27ClN4O3S. The van der Waals surface area contributed by atoms with Crippen LogP contribution in [0, 0.1) is 0 Å². The summed E-state index contributed by atoms with van der Waals surface area (Å²) in [7, 11) is -1.95. The van der Waals surface area contributed by atoms with Crippen molar-refractivity contribution in [2.24, 2.45) is 7.05 Å². The van der Waals surface area contributed by atoms with Crippen LogP contribution < -0.4 is 4.72 Å². The summed E-state index contributed by atoms with van der Waals surface area (Å²) in [6.07, 6.45) is 5.59. The Kier molecular flexibility index (Phi) is 6.08. The maximum absolute atomic E-state index is 13.0. The number of nitrogens with zero attached hydrogens (tertiary/aromatic N) is 3. The number of aryl methyl sites for hydroxylation is 1. The summed E-state index contributed by atoms with van der Waals surface area (Å²) in [5.74, 6) is 0.198. The lowest BCUT2D eigenvalue weighted by Crippen LogP contribution is -2.41. The summed E-state index contributed by atoms with van der Waals surface area (Å²) in [5.41, 5.74) is 0.854. The van der Waals surface area contributed by atoms with Gasteiger partial charge in [0.05, 0.1) is 11.2 Å². The van der Waals surface area contributed by atoms with E-state index in [0.717, 1.165) is 12.8 Å². The van der Waals surface area contributed by atoms with Crippen LogP contribution in [0.1, 0.15) is 55.5 Å². The van der Waals surface area contributed by atoms with Gasteiger partial charge < -0.3 is 4.90 Å². The van der Waals surface area contributed by atoms with E-state index in [-0.39, 0.29) is 15.8 Å². The lowest BCUT2D eigenvalue weighted by atomic mass is 9.91. The van der Waals surface area contributed by atoms with Crippen molar-refractivity contribution in [1.29, 1.82) is 0 Å². The molecule has 1 aliphatic heterocycles. The molecule has 0 unspecified atom stereocenters. The Labute approximate surface area is 177 Å². The molecular weight excluding hydrogens is 412 g/mol. The quantitative estimate of drug-likeness (QED) is 0.794. The maximum Gasteiger partial charge on any atom is 0.253 e. The highest BCUT2D eigenvalue weighted by molar-refractivity contribution is 7.89. The van der Waals surface area contributed by atoms with Crippen molar-refractivity contribution in [2.45, 2.75) is 50.0 Å². The Morgan fingerprint density at radius 3 is 2.45 bits per heavy atom. The van der Waals surface area contributed by atoms with E-state index in [1.54, 1.807) is 36.4 Å². The number of rotatable bonds is 4. The zero-order chi connectivity index (χ0) is 21.4. The number of halogens is 1. The summed E-state index contributed by atoms with van der Waals surface area (Å²) in [5, 5.41) is 4.31. The second-order valence-electron chi connectivity index (χ2n) is 8.51. The van der Waals surface area contributed by atoms with Crippen LogP contribution in [0.25, 0.3) is 0 Å². The second-order valence-corrected chi connectivity index (χ2v) is 10.6. The van der Waals surface area contributed by atoms with Crippen LogP contribution in [0.2, 0.25) is 5.02 Å². The highest BCUT2D eigenvalue weighted by atomic mass is 35.5. The minimum atomic E-state index is -3.84. The molecule has 7 nitrogen and oxygen atoms in total. The van der Waals surface area contributed by atoms with Crippen molar-refractivity contribution in [3.05, 3.63) is 46.7 Å². The first-order chi connectivity index (χ1) is 13.5. The number of carbonyl (C=O) groups excluding carboxylic acids is 1. The monoisotopic (exact) mass is 438 g/mol. The molecule has 1 fully saturated rings. The van der Waals surface area contributed by atoms with Crippen LogP contribution in [0.3, 0.4) is 0 Å². The molecule has 1 N–H and O–H groups in total. The van der Waals surface area contributed by atoms with Gasteiger partial charge in [-0.3, -0.25) is 9.48 Å². The zero-order valence-corrected chi connectivity index (χ0v) is 18.7. The van der Waals surface area contributed by atoms with Gasteiger partial charge in [0, 0.05) is 37.4 Å². The fourth-order valence-corrected chi connectivity index (χ4v) is 5.50. The number of hydrogen-bond acceptors (Lipinski definition) is 4. The van der Waals surface area contributed by atoms with Gasteiger partial charge in [0.25, 0.3) is 5.91 Å². The molecule has 1 aromatic heterocycles. The zero-order valence-electron chi connectivity index (χ0n) is 17.1. The minimum absolute atomic E-state index is 0.0785. The number of carbonyl (C=O) groups is 1. The molecule has 3 rings (SSSR count). The highest BCUT2D eigenvalue weighted by Gasteiger charge is 2.28. The Hall–Kier alpha value is -1.90. The van der Waals surface area contributed by atoms with Gasteiger partial charge in [-0.1, -0.05) is 11.6 Å². The molecule has 0 spiro atoms. The minimum Gasteiger partial charge on any atom is -0.339 e. The third kappa shape index (κ3) is 5.18. The molecule has 1 aliphatic rings. The fraction of sp³-hybridized carbons (Fsp3) is 0.500. The molecule has 1 saturated heterocycles. The van der Waals surface area contributed by atoms with Gasteiger partial charge in [0.15, 0.2) is 0 Å². The van der Waals surface area contributed by atoms with E-state index in [2.05, 4.69) is 9.82 Å². The Morgan fingerprint density at radius 2 is 1.90 bits per heavy atom. The SMILES string of the molecule is Cn1cc(C2CCN(C(=O)c3ccc(Cl)c(S(=O)(=O)NC(C)(C)C)c3)CC2)cn1. The molecule has 0 atom stereocenters. The van der Waals surface area contributed by atoms with E-state index in [1.165, 1.54) is 17.7 Å². The Morgan fingerprint density at radius 1 is 1.24 bits per heavy atom. The predicted octanol–water partition coefficient (Wildman–Crippen LogP) is 3.17. The molecule has 29 heavy (non-hydrogen) atoms. The summed E-state index contributed by atoms with van der Waals surface area (Å²) in [6.45, 7) is 6.48. The van der Waals surface area contributed by atoms with Gasteiger partial charge in [0.2, 0.25) is 10.0 Å². The van der Waals surface area contributed by atoms with Crippen molar-refractivity contribution < 1.29 is 13.2 Å². The second kappa shape index (κ2) is 8.08. The molecule has 2 heterocycles. The number of hydrogen-bond donors (Lipinski definition) is 1. The maximum atomic E-state index is 13.0. The van der Waals surface area contributed by atoms with Crippen molar-refractivity contribution in [2.75, 3.05) is 13.1 Å². The van der Waals surface area contributed by atoms with E-state index < -0.39 is 15.6 Å².